The molecule has 4 N–H and O–H groups in total. The standard InChI is InChI=1S/C10H17N3O4/c11-8(14)5-12-6-9(15)13-3-1-7(2-4-13)10(16)17/h7,12H,1-6H2,(H2,11,14)(H,16,17). The van der Waals surface area contributed by atoms with E-state index >= 15 is 0 Å². The van der Waals surface area contributed by atoms with Crippen LogP contribution in [0.4, 0.5) is 0 Å². The number of hydrogen-bond acceptors (Lipinski definition) is 4. The third-order valence-electron chi connectivity index (χ3n) is 2.77. The second-order valence-electron chi connectivity index (χ2n) is 4.06. The van der Waals surface area contributed by atoms with E-state index in [1.807, 2.05) is 0 Å². The van der Waals surface area contributed by atoms with E-state index in [9.17, 15) is 14.4 Å². The maximum Gasteiger partial charge on any atom is 0.306 e. The largest absolute Gasteiger partial charge is 0.481 e. The van der Waals surface area contributed by atoms with E-state index in [2.05, 4.69) is 5.32 Å². The van der Waals surface area contributed by atoms with Crippen molar-refractivity contribution in [2.45, 2.75) is 12.8 Å². The fraction of sp³-hybridized carbons (Fsp3) is 0.700. The highest BCUT2D eigenvalue weighted by Crippen LogP contribution is 2.16. The molecule has 1 rings (SSSR count). The van der Waals surface area contributed by atoms with Crippen molar-refractivity contribution in [2.75, 3.05) is 26.2 Å². The summed E-state index contributed by atoms with van der Waals surface area (Å²) in [4.78, 5) is 34.4. The van der Waals surface area contributed by atoms with Crippen molar-refractivity contribution in [3.8, 4) is 0 Å². The Morgan fingerprint density at radius 2 is 1.82 bits per heavy atom. The maximum atomic E-state index is 11.6. The molecule has 0 atom stereocenters. The number of carbonyl (C=O) groups is 3. The van der Waals surface area contributed by atoms with Crippen molar-refractivity contribution in [1.82, 2.24) is 10.2 Å². The summed E-state index contributed by atoms with van der Waals surface area (Å²) in [5.41, 5.74) is 4.92. The Morgan fingerprint density at radius 1 is 1.24 bits per heavy atom. The Balaban J connectivity index is 2.26. The molecule has 17 heavy (non-hydrogen) atoms. The molecule has 0 aromatic heterocycles. The number of aliphatic carboxylic acids is 1. The summed E-state index contributed by atoms with van der Waals surface area (Å²) >= 11 is 0. The van der Waals surface area contributed by atoms with Gasteiger partial charge >= 0.3 is 5.97 Å². The van der Waals surface area contributed by atoms with E-state index in [4.69, 9.17) is 10.8 Å². The summed E-state index contributed by atoms with van der Waals surface area (Å²) in [7, 11) is 0. The topological polar surface area (TPSA) is 113 Å². The summed E-state index contributed by atoms with van der Waals surface area (Å²) in [5.74, 6) is -1.79. The normalized spacial score (nSPS) is 16.8. The lowest BCUT2D eigenvalue weighted by molar-refractivity contribution is -0.145. The zero-order valence-corrected chi connectivity index (χ0v) is 9.52. The number of nitrogens with two attached hydrogens (primary N) is 1. The van der Waals surface area contributed by atoms with Crippen LogP contribution in [0, 0.1) is 5.92 Å². The Bertz CT molecular complexity index is 311. The van der Waals surface area contributed by atoms with Gasteiger partial charge < -0.3 is 15.7 Å². The van der Waals surface area contributed by atoms with Gasteiger partial charge in [0.05, 0.1) is 19.0 Å². The molecule has 0 unspecified atom stereocenters. The number of carboxylic acid groups (broad SMARTS) is 1. The summed E-state index contributed by atoms with van der Waals surface area (Å²) in [5, 5.41) is 11.4. The number of carbonyl (C=O) groups excluding carboxylic acids is 2. The minimum Gasteiger partial charge on any atom is -0.481 e. The molecule has 0 saturated carbocycles. The van der Waals surface area contributed by atoms with Gasteiger partial charge in [-0.05, 0) is 12.8 Å². The molecule has 1 heterocycles. The lowest BCUT2D eigenvalue weighted by Crippen LogP contribution is -2.45. The molecule has 7 heteroatoms. The van der Waals surface area contributed by atoms with Crippen molar-refractivity contribution in [3.05, 3.63) is 0 Å². The van der Waals surface area contributed by atoms with Crippen LogP contribution in [-0.4, -0.2) is 54.0 Å². The minimum absolute atomic E-state index is 0.0304. The van der Waals surface area contributed by atoms with E-state index in [1.165, 1.54) is 0 Å². The quantitative estimate of drug-likeness (QED) is 0.537. The third-order valence-corrected chi connectivity index (χ3v) is 2.77. The predicted molar refractivity (Wildman–Crippen MR) is 59.0 cm³/mol. The van der Waals surface area contributed by atoms with Crippen LogP contribution >= 0.6 is 0 Å². The highest BCUT2D eigenvalue weighted by Gasteiger charge is 2.26. The van der Waals surface area contributed by atoms with Crippen LogP contribution in [0.2, 0.25) is 0 Å². The summed E-state index contributed by atoms with van der Waals surface area (Å²) in [6.45, 7) is 0.931. The predicted octanol–water partition coefficient (Wildman–Crippen LogP) is -1.62. The van der Waals surface area contributed by atoms with Crippen molar-refractivity contribution in [1.29, 1.82) is 0 Å². The lowest BCUT2D eigenvalue weighted by atomic mass is 9.97. The van der Waals surface area contributed by atoms with Crippen molar-refractivity contribution >= 4 is 17.8 Å². The molecular weight excluding hydrogens is 226 g/mol. The Labute approximate surface area is 98.9 Å². The smallest absolute Gasteiger partial charge is 0.306 e. The molecule has 0 radical (unpaired) electrons. The molecule has 1 fully saturated rings. The number of hydrogen-bond donors (Lipinski definition) is 3. The number of nitrogens with zero attached hydrogens (tertiary/aromatic N) is 1. The molecule has 0 bridgehead atoms. The van der Waals surface area contributed by atoms with Gasteiger partial charge in [0.1, 0.15) is 0 Å². The first-order valence-electron chi connectivity index (χ1n) is 5.50. The summed E-state index contributed by atoms with van der Waals surface area (Å²) < 4.78 is 0. The highest BCUT2D eigenvalue weighted by atomic mass is 16.4. The maximum absolute atomic E-state index is 11.6. The molecule has 0 aliphatic carbocycles. The van der Waals surface area contributed by atoms with Crippen LogP contribution in [0.25, 0.3) is 0 Å². The first-order valence-corrected chi connectivity index (χ1v) is 5.50. The number of primary amides is 1. The molecule has 0 aromatic carbocycles. The second-order valence-corrected chi connectivity index (χ2v) is 4.06. The number of rotatable bonds is 5. The highest BCUT2D eigenvalue weighted by molar-refractivity contribution is 5.80. The van der Waals surface area contributed by atoms with Gasteiger partial charge in [0.25, 0.3) is 0 Å². The van der Waals surface area contributed by atoms with E-state index in [1.54, 1.807) is 4.90 Å². The summed E-state index contributed by atoms with van der Waals surface area (Å²) in [6, 6.07) is 0. The van der Waals surface area contributed by atoms with Gasteiger partial charge in [-0.25, -0.2) is 0 Å². The van der Waals surface area contributed by atoms with Crippen molar-refractivity contribution in [3.63, 3.8) is 0 Å². The molecule has 0 spiro atoms. The van der Waals surface area contributed by atoms with E-state index < -0.39 is 11.9 Å². The van der Waals surface area contributed by atoms with Gasteiger partial charge in [0, 0.05) is 13.1 Å². The number of likely N-dealkylation sites (tertiary alicyclic amines) is 1. The number of piperidine rings is 1. The van der Waals surface area contributed by atoms with Gasteiger partial charge in [-0.15, -0.1) is 0 Å². The zero-order valence-electron chi connectivity index (χ0n) is 9.52. The summed E-state index contributed by atoms with van der Waals surface area (Å²) in [6.07, 6.45) is 0.966. The van der Waals surface area contributed by atoms with Gasteiger partial charge in [0.2, 0.25) is 11.8 Å². The van der Waals surface area contributed by atoms with Gasteiger partial charge in [-0.1, -0.05) is 0 Å². The monoisotopic (exact) mass is 243 g/mol. The fourth-order valence-electron chi connectivity index (χ4n) is 1.78. The van der Waals surface area contributed by atoms with Crippen LogP contribution in [-0.2, 0) is 14.4 Å². The van der Waals surface area contributed by atoms with E-state index in [-0.39, 0.29) is 24.9 Å². The Hall–Kier alpha value is -1.63. The van der Waals surface area contributed by atoms with Gasteiger partial charge in [-0.2, -0.15) is 0 Å². The Morgan fingerprint density at radius 3 is 2.29 bits per heavy atom. The third kappa shape index (κ3) is 4.39. The first-order chi connectivity index (χ1) is 8.00. The van der Waals surface area contributed by atoms with Crippen molar-refractivity contribution < 1.29 is 19.5 Å². The van der Waals surface area contributed by atoms with E-state index in [0.29, 0.717) is 25.9 Å². The van der Waals surface area contributed by atoms with Crippen LogP contribution < -0.4 is 11.1 Å². The van der Waals surface area contributed by atoms with Crippen molar-refractivity contribution in [2.24, 2.45) is 11.7 Å². The second kappa shape index (κ2) is 6.19. The van der Waals surface area contributed by atoms with Gasteiger partial charge in [-0.3, -0.25) is 19.7 Å². The first kappa shape index (κ1) is 13.4. The van der Waals surface area contributed by atoms with E-state index in [0.717, 1.165) is 0 Å². The molecular formula is C10H17N3O4. The Kier molecular flexibility index (Phi) is 4.89. The van der Waals surface area contributed by atoms with Crippen LogP contribution in [0.3, 0.4) is 0 Å². The average Bonchev–Trinajstić information content (AvgIpc) is 2.28. The average molecular weight is 243 g/mol. The molecule has 1 saturated heterocycles. The molecule has 7 nitrogen and oxygen atoms in total. The number of carboxylic acids is 1. The van der Waals surface area contributed by atoms with Crippen LogP contribution in [0.1, 0.15) is 12.8 Å². The minimum atomic E-state index is -0.802. The molecule has 0 aromatic rings. The van der Waals surface area contributed by atoms with Crippen LogP contribution in [0.5, 0.6) is 0 Å². The number of nitrogens with one attached hydrogen (secondary N) is 1. The molecule has 1 aliphatic heterocycles. The zero-order chi connectivity index (χ0) is 12.8. The fourth-order valence-corrected chi connectivity index (χ4v) is 1.78. The SMILES string of the molecule is NC(=O)CNCC(=O)N1CCC(C(=O)O)CC1. The lowest BCUT2D eigenvalue weighted by Gasteiger charge is -2.30. The molecule has 2 amide bonds. The molecule has 1 aliphatic rings. The van der Waals surface area contributed by atoms with Gasteiger partial charge in [0.15, 0.2) is 0 Å². The molecule has 96 valence electrons. The number of amides is 2. The van der Waals surface area contributed by atoms with Crippen LogP contribution in [0.15, 0.2) is 0 Å².